The Morgan fingerprint density at radius 3 is 2.28 bits per heavy atom. The van der Waals surface area contributed by atoms with Crippen LogP contribution in [0.2, 0.25) is 0 Å². The van der Waals surface area contributed by atoms with Crippen LogP contribution < -0.4 is 0 Å². The maximum atomic E-state index is 2.44. The molecule has 0 radical (unpaired) electrons. The number of halogens is 2. The van der Waals surface area contributed by atoms with Crippen LogP contribution >= 0.6 is 24.8 Å². The largest absolute Gasteiger partial charge is 0.151 e. The predicted molar refractivity (Wildman–Crippen MR) is 80.2 cm³/mol. The molecule has 0 N–H and O–H groups in total. The number of fused-ring (bicyclic) bond motifs is 2. The van der Waals surface area contributed by atoms with Crippen molar-refractivity contribution >= 4 is 35.6 Å². The molecule has 0 atom stereocenters. The van der Waals surface area contributed by atoms with Gasteiger partial charge in [0, 0.05) is 26.2 Å². The zero-order valence-electron chi connectivity index (χ0n) is 10.8. The first-order valence-electron chi connectivity index (χ1n) is 5.97. The van der Waals surface area contributed by atoms with Crippen LogP contribution in [-0.4, -0.2) is 0 Å². The smallest absolute Gasteiger partial charge is 0 e. The normalized spacial score (nSPS) is 12.6. The van der Waals surface area contributed by atoms with E-state index in [4.69, 9.17) is 0 Å². The van der Waals surface area contributed by atoms with E-state index in [0.717, 1.165) is 0 Å². The van der Waals surface area contributed by atoms with Gasteiger partial charge in [-0.2, -0.15) is 5.56 Å². The number of rotatable bonds is 1. The molecule has 2 aromatic carbocycles. The monoisotopic (exact) mass is 359 g/mol. The molecule has 3 heteroatoms. The second kappa shape index (κ2) is 7.18. The minimum absolute atomic E-state index is 0. The van der Waals surface area contributed by atoms with E-state index in [1.165, 1.54) is 35.6 Å². The average Bonchev–Trinajstić information content (AvgIpc) is 2.77. The molecule has 0 saturated carbocycles. The van der Waals surface area contributed by atoms with Gasteiger partial charge in [0.2, 0.25) is 0 Å². The van der Waals surface area contributed by atoms with Crippen LogP contribution in [0.25, 0.3) is 10.8 Å². The molecule has 0 nitrogen and oxygen atoms in total. The van der Waals surface area contributed by atoms with Crippen molar-refractivity contribution in [2.24, 2.45) is 0 Å². The van der Waals surface area contributed by atoms with Crippen molar-refractivity contribution < 1.29 is 26.2 Å². The van der Waals surface area contributed by atoms with Gasteiger partial charge in [0.1, 0.15) is 0 Å². The standard InChI is InChI=1S/C15H17.2ClH.Zr/c1-10(2)14-7-6-13-8-11-4-3-5-12(11)9-15(13)14;;;/h6-10H,3-5H2,1-2H3;2*1H;/q-1;;;. The van der Waals surface area contributed by atoms with E-state index in [1.807, 2.05) is 0 Å². The van der Waals surface area contributed by atoms with Crippen LogP contribution in [-0.2, 0) is 39.0 Å². The van der Waals surface area contributed by atoms with Gasteiger partial charge in [0.15, 0.2) is 0 Å². The van der Waals surface area contributed by atoms with Crippen LogP contribution in [0.3, 0.4) is 0 Å². The van der Waals surface area contributed by atoms with Crippen molar-refractivity contribution in [2.45, 2.75) is 39.0 Å². The SMILES string of the molecule is CC(C)c1c[cH-]c2cc3c(cc12)CCC3.Cl.Cl.[Zr]. The second-order valence-corrected chi connectivity index (χ2v) is 5.01. The summed E-state index contributed by atoms with van der Waals surface area (Å²) in [5.41, 5.74) is 4.69. The third-order valence-corrected chi connectivity index (χ3v) is 3.64. The van der Waals surface area contributed by atoms with Crippen molar-refractivity contribution in [1.82, 2.24) is 0 Å². The first-order valence-corrected chi connectivity index (χ1v) is 5.97. The third kappa shape index (κ3) is 3.06. The fourth-order valence-electron chi connectivity index (χ4n) is 2.80. The quantitative estimate of drug-likeness (QED) is 0.626. The van der Waals surface area contributed by atoms with Crippen LogP contribution in [0.4, 0.5) is 0 Å². The van der Waals surface area contributed by atoms with Crippen molar-refractivity contribution in [3.63, 3.8) is 0 Å². The van der Waals surface area contributed by atoms with Gasteiger partial charge in [0.05, 0.1) is 0 Å². The number of hydrogen-bond donors (Lipinski definition) is 0. The van der Waals surface area contributed by atoms with E-state index in [9.17, 15) is 0 Å². The Balaban J connectivity index is 0.000000963. The van der Waals surface area contributed by atoms with Crippen LogP contribution in [0.5, 0.6) is 0 Å². The zero-order valence-corrected chi connectivity index (χ0v) is 14.9. The molecule has 0 bridgehead atoms. The van der Waals surface area contributed by atoms with Crippen LogP contribution in [0.15, 0.2) is 24.3 Å². The third-order valence-electron chi connectivity index (χ3n) is 3.64. The van der Waals surface area contributed by atoms with Crippen molar-refractivity contribution in [2.75, 3.05) is 0 Å². The Kier molecular flexibility index (Phi) is 7.29. The summed E-state index contributed by atoms with van der Waals surface area (Å²) in [5, 5.41) is 2.94. The molecule has 0 spiro atoms. The van der Waals surface area contributed by atoms with Crippen molar-refractivity contribution in [3.8, 4) is 0 Å². The maximum Gasteiger partial charge on any atom is 0 e. The summed E-state index contributed by atoms with van der Waals surface area (Å²) in [7, 11) is 0. The summed E-state index contributed by atoms with van der Waals surface area (Å²) < 4.78 is 0. The van der Waals surface area contributed by atoms with Crippen molar-refractivity contribution in [1.29, 1.82) is 0 Å². The molecule has 0 heterocycles. The summed E-state index contributed by atoms with van der Waals surface area (Å²) in [4.78, 5) is 0. The molecular formula is C15H19Cl2Zr-. The number of hydrogen-bond acceptors (Lipinski definition) is 0. The Hall–Kier alpha value is 0.293. The minimum atomic E-state index is 0. The van der Waals surface area contributed by atoms with E-state index in [1.54, 1.807) is 11.1 Å². The van der Waals surface area contributed by atoms with E-state index in [2.05, 4.69) is 38.1 Å². The van der Waals surface area contributed by atoms with Gasteiger partial charge in [0.25, 0.3) is 0 Å². The molecule has 98 valence electrons. The molecule has 0 saturated heterocycles. The first kappa shape index (κ1) is 18.3. The van der Waals surface area contributed by atoms with Crippen molar-refractivity contribution in [3.05, 3.63) is 41.0 Å². The molecule has 0 aliphatic heterocycles. The summed E-state index contributed by atoms with van der Waals surface area (Å²) in [6.45, 7) is 4.56. The summed E-state index contributed by atoms with van der Waals surface area (Å²) in [5.74, 6) is 0.641. The summed E-state index contributed by atoms with van der Waals surface area (Å²) in [6.07, 6.45) is 3.92. The van der Waals surface area contributed by atoms with Gasteiger partial charge in [-0.15, -0.1) is 59.9 Å². The molecule has 0 fully saturated rings. The van der Waals surface area contributed by atoms with Gasteiger partial charge in [-0.3, -0.25) is 0 Å². The Morgan fingerprint density at radius 2 is 1.67 bits per heavy atom. The molecule has 1 aliphatic rings. The predicted octanol–water partition coefficient (Wildman–Crippen LogP) is 5.01. The van der Waals surface area contributed by atoms with E-state index in [0.29, 0.717) is 5.92 Å². The van der Waals surface area contributed by atoms with E-state index in [-0.39, 0.29) is 51.0 Å². The maximum absolute atomic E-state index is 2.44. The fourth-order valence-corrected chi connectivity index (χ4v) is 2.80. The summed E-state index contributed by atoms with van der Waals surface area (Å²) in [6, 6.07) is 9.42. The van der Waals surface area contributed by atoms with Gasteiger partial charge in [-0.05, 0) is 19.3 Å². The zero-order chi connectivity index (χ0) is 10.4. The van der Waals surface area contributed by atoms with Gasteiger partial charge >= 0.3 is 0 Å². The molecule has 0 unspecified atom stereocenters. The van der Waals surface area contributed by atoms with E-state index >= 15 is 0 Å². The molecule has 0 amide bonds. The molecular weight excluding hydrogens is 342 g/mol. The van der Waals surface area contributed by atoms with Gasteiger partial charge in [-0.25, -0.2) is 0 Å². The van der Waals surface area contributed by atoms with Gasteiger partial charge in [-0.1, -0.05) is 30.9 Å². The Bertz CT molecular complexity index is 514. The Morgan fingerprint density at radius 1 is 1.06 bits per heavy atom. The Labute approximate surface area is 141 Å². The molecule has 2 aromatic rings. The molecule has 0 aromatic heterocycles. The van der Waals surface area contributed by atoms with Crippen LogP contribution in [0.1, 0.15) is 42.9 Å². The number of benzene rings is 1. The minimum Gasteiger partial charge on any atom is -0.151 e. The number of aryl methyl sites for hydroxylation is 2. The second-order valence-electron chi connectivity index (χ2n) is 5.01. The molecule has 1 aliphatic carbocycles. The topological polar surface area (TPSA) is 0 Å². The first-order chi connectivity index (χ1) is 7.25. The fraction of sp³-hybridized carbons (Fsp3) is 0.400. The molecule has 3 rings (SSSR count). The summed E-state index contributed by atoms with van der Waals surface area (Å²) >= 11 is 0. The average molecular weight is 361 g/mol. The molecule has 18 heavy (non-hydrogen) atoms. The van der Waals surface area contributed by atoms with E-state index < -0.39 is 0 Å². The van der Waals surface area contributed by atoms with Crippen LogP contribution in [0, 0.1) is 0 Å². The van der Waals surface area contributed by atoms with Gasteiger partial charge < -0.3 is 0 Å².